The number of rotatable bonds is 8. The summed E-state index contributed by atoms with van der Waals surface area (Å²) < 4.78 is 49.5. The molecule has 0 radical (unpaired) electrons. The highest BCUT2D eigenvalue weighted by atomic mass is 32.2. The van der Waals surface area contributed by atoms with Crippen LogP contribution in [0.2, 0.25) is 0 Å². The van der Waals surface area contributed by atoms with E-state index in [0.29, 0.717) is 48.3 Å². The number of alkyl halides is 3. The number of aromatic nitrogens is 6. The van der Waals surface area contributed by atoms with Crippen LogP contribution in [0, 0.1) is 0 Å². The fourth-order valence-corrected chi connectivity index (χ4v) is 5.41. The summed E-state index contributed by atoms with van der Waals surface area (Å²) in [6.07, 6.45) is 6.96. The maximum absolute atomic E-state index is 13.8. The molecule has 2 N–H and O–H groups in total. The third kappa shape index (κ3) is 5.77. The molecule has 1 saturated carbocycles. The van der Waals surface area contributed by atoms with Gasteiger partial charge in [0, 0.05) is 60.7 Å². The van der Waals surface area contributed by atoms with Gasteiger partial charge < -0.3 is 19.9 Å². The van der Waals surface area contributed by atoms with Gasteiger partial charge in [0.05, 0.1) is 22.8 Å². The SMILES string of the molecule is CC(n1cc(C(=O)NC2CCOCC2)c2cnc(Nc3ccnc(-c4cnn(SC5CC5)c4)n3)cc21)C(F)(F)F. The number of carbonyl (C=O) groups excluding carboxylic acids is 1. The maximum atomic E-state index is 13.8. The van der Waals surface area contributed by atoms with Crippen LogP contribution in [0.1, 0.15) is 49.0 Å². The average Bonchev–Trinajstić information content (AvgIpc) is 3.48. The van der Waals surface area contributed by atoms with Gasteiger partial charge in [0.2, 0.25) is 0 Å². The predicted octanol–water partition coefficient (Wildman–Crippen LogP) is 5.12. The number of carbonyl (C=O) groups is 1. The summed E-state index contributed by atoms with van der Waals surface area (Å²) in [5, 5.41) is 11.3. The number of hydrogen-bond acceptors (Lipinski definition) is 8. The molecule has 1 saturated heterocycles. The Morgan fingerprint density at radius 2 is 1.93 bits per heavy atom. The molecule has 2 aliphatic rings. The van der Waals surface area contributed by atoms with Crippen molar-refractivity contribution in [2.45, 2.75) is 56.1 Å². The van der Waals surface area contributed by atoms with Gasteiger partial charge in [0.15, 0.2) is 5.82 Å². The summed E-state index contributed by atoms with van der Waals surface area (Å²) >= 11 is 1.66. The summed E-state index contributed by atoms with van der Waals surface area (Å²) in [4.78, 5) is 26.4. The first-order valence-corrected chi connectivity index (χ1v) is 13.9. The summed E-state index contributed by atoms with van der Waals surface area (Å²) in [6.45, 7) is 2.12. The number of nitrogens with one attached hydrogen (secondary N) is 2. The van der Waals surface area contributed by atoms with Crippen molar-refractivity contribution in [3.8, 4) is 11.4 Å². The molecule has 4 aromatic rings. The Bertz CT molecular complexity index is 1530. The Kier molecular flexibility index (Phi) is 7.13. The van der Waals surface area contributed by atoms with E-state index in [4.69, 9.17) is 4.74 Å². The number of amides is 1. The van der Waals surface area contributed by atoms with E-state index >= 15 is 0 Å². The molecule has 2 fully saturated rings. The molecule has 5 heterocycles. The first kappa shape index (κ1) is 26.6. The van der Waals surface area contributed by atoms with Gasteiger partial charge in [-0.2, -0.15) is 18.3 Å². The minimum atomic E-state index is -4.51. The molecule has 210 valence electrons. The van der Waals surface area contributed by atoms with Crippen LogP contribution < -0.4 is 10.6 Å². The zero-order valence-corrected chi connectivity index (χ0v) is 22.4. The van der Waals surface area contributed by atoms with Crippen LogP contribution in [0.25, 0.3) is 22.3 Å². The van der Waals surface area contributed by atoms with Crippen molar-refractivity contribution in [2.24, 2.45) is 0 Å². The molecule has 1 aliphatic heterocycles. The first-order valence-electron chi connectivity index (χ1n) is 13.0. The van der Waals surface area contributed by atoms with Gasteiger partial charge in [0.1, 0.15) is 17.7 Å². The average molecular weight is 573 g/mol. The van der Waals surface area contributed by atoms with Gasteiger partial charge in [-0.05, 0) is 50.6 Å². The number of ether oxygens (including phenoxy) is 1. The van der Waals surface area contributed by atoms with Crippen LogP contribution in [0.15, 0.2) is 43.1 Å². The molecule has 10 nitrogen and oxygen atoms in total. The Morgan fingerprint density at radius 3 is 2.67 bits per heavy atom. The van der Waals surface area contributed by atoms with Gasteiger partial charge in [-0.1, -0.05) is 0 Å². The maximum Gasteiger partial charge on any atom is 0.408 e. The fraction of sp³-hybridized carbons (Fsp3) is 0.423. The summed E-state index contributed by atoms with van der Waals surface area (Å²) in [5.74, 6) is 0.712. The minimum absolute atomic E-state index is 0.0973. The predicted molar refractivity (Wildman–Crippen MR) is 144 cm³/mol. The zero-order chi connectivity index (χ0) is 27.9. The molecule has 4 aromatic heterocycles. The highest BCUT2D eigenvalue weighted by Crippen LogP contribution is 2.36. The molecule has 0 spiro atoms. The van der Waals surface area contributed by atoms with E-state index in [-0.39, 0.29) is 22.9 Å². The molecule has 0 bridgehead atoms. The number of pyridine rings is 1. The summed E-state index contributed by atoms with van der Waals surface area (Å²) in [7, 11) is 0. The second-order valence-corrected chi connectivity index (χ2v) is 11.2. The lowest BCUT2D eigenvalue weighted by Gasteiger charge is -2.23. The molecule has 1 unspecified atom stereocenters. The molecular weight excluding hydrogens is 545 g/mol. The van der Waals surface area contributed by atoms with Gasteiger partial charge in [-0.25, -0.2) is 19.0 Å². The number of nitrogens with zero attached hydrogens (tertiary/aromatic N) is 6. The Hall–Kier alpha value is -3.65. The van der Waals surface area contributed by atoms with Gasteiger partial charge in [-0.3, -0.25) is 4.79 Å². The smallest absolute Gasteiger partial charge is 0.381 e. The standard InChI is InChI=1S/C26H27F3N8O2S/c1-15(26(27,28)29)36-14-20(25(38)33-17-5-8-39-9-6-17)19-12-31-23(10-21(19)36)34-22-4-7-30-24(35-22)16-11-32-37(13-16)40-18-2-3-18/h4,7,10-15,17-18H,2-3,5-6,8-9H2,1H3,(H,33,38)(H,30,31,34,35). The third-order valence-corrected chi connectivity index (χ3v) is 8.11. The Morgan fingerprint density at radius 1 is 1.12 bits per heavy atom. The number of hydrogen-bond donors (Lipinski definition) is 2. The van der Waals surface area contributed by atoms with E-state index < -0.39 is 18.1 Å². The monoisotopic (exact) mass is 572 g/mol. The van der Waals surface area contributed by atoms with Crippen molar-refractivity contribution >= 4 is 40.4 Å². The van der Waals surface area contributed by atoms with E-state index in [2.05, 4.69) is 30.7 Å². The number of fused-ring (bicyclic) bond motifs is 1. The lowest BCUT2D eigenvalue weighted by molar-refractivity contribution is -0.162. The topological polar surface area (TPSA) is 112 Å². The molecule has 1 aliphatic carbocycles. The molecular formula is C26H27F3N8O2S. The van der Waals surface area contributed by atoms with E-state index in [1.165, 1.54) is 31.3 Å². The van der Waals surface area contributed by atoms with Gasteiger partial charge >= 0.3 is 6.18 Å². The van der Waals surface area contributed by atoms with Crippen molar-refractivity contribution in [3.05, 3.63) is 48.7 Å². The van der Waals surface area contributed by atoms with E-state index in [0.717, 1.165) is 17.1 Å². The summed E-state index contributed by atoms with van der Waals surface area (Å²) in [6, 6.07) is 1.18. The van der Waals surface area contributed by atoms with E-state index in [1.807, 2.05) is 6.20 Å². The van der Waals surface area contributed by atoms with E-state index in [1.54, 1.807) is 34.5 Å². The number of halogens is 3. The normalized spacial score (nSPS) is 17.2. The molecule has 14 heteroatoms. The largest absolute Gasteiger partial charge is 0.408 e. The second kappa shape index (κ2) is 10.7. The Labute approximate surface area is 231 Å². The van der Waals surface area contributed by atoms with Crippen molar-refractivity contribution in [3.63, 3.8) is 0 Å². The van der Waals surface area contributed by atoms with Crippen molar-refractivity contribution < 1.29 is 22.7 Å². The van der Waals surface area contributed by atoms with E-state index in [9.17, 15) is 18.0 Å². The highest BCUT2D eigenvalue weighted by Gasteiger charge is 2.38. The minimum Gasteiger partial charge on any atom is -0.381 e. The summed E-state index contributed by atoms with van der Waals surface area (Å²) in [5.41, 5.74) is 1.11. The van der Waals surface area contributed by atoms with Crippen LogP contribution in [0.3, 0.4) is 0 Å². The van der Waals surface area contributed by atoms with Crippen molar-refractivity contribution in [1.29, 1.82) is 0 Å². The van der Waals surface area contributed by atoms with Crippen LogP contribution in [-0.2, 0) is 4.74 Å². The van der Waals surface area contributed by atoms with Crippen LogP contribution in [0.4, 0.5) is 24.8 Å². The highest BCUT2D eigenvalue weighted by molar-refractivity contribution is 7.98. The zero-order valence-electron chi connectivity index (χ0n) is 21.6. The van der Waals surface area contributed by atoms with Gasteiger partial charge in [-0.15, -0.1) is 0 Å². The molecule has 40 heavy (non-hydrogen) atoms. The first-order chi connectivity index (χ1) is 19.2. The Balaban J connectivity index is 1.28. The van der Waals surface area contributed by atoms with Crippen LogP contribution in [0.5, 0.6) is 0 Å². The molecule has 0 aromatic carbocycles. The van der Waals surface area contributed by atoms with Gasteiger partial charge in [0.25, 0.3) is 5.91 Å². The second-order valence-electron chi connectivity index (χ2n) is 9.94. The fourth-order valence-electron chi connectivity index (χ4n) is 4.48. The molecule has 1 atom stereocenters. The lowest BCUT2D eigenvalue weighted by Crippen LogP contribution is -2.38. The van der Waals surface area contributed by atoms with Crippen LogP contribution in [-0.4, -0.2) is 65.3 Å². The number of anilines is 2. The quantitative estimate of drug-likeness (QED) is 0.299. The molecule has 6 rings (SSSR count). The lowest BCUT2D eigenvalue weighted by atomic mass is 10.1. The van der Waals surface area contributed by atoms with Crippen LogP contribution >= 0.6 is 11.9 Å². The molecule has 1 amide bonds. The third-order valence-electron chi connectivity index (χ3n) is 6.92. The van der Waals surface area contributed by atoms with Crippen molar-refractivity contribution in [2.75, 3.05) is 18.5 Å². The van der Waals surface area contributed by atoms with Crippen molar-refractivity contribution in [1.82, 2.24) is 34.0 Å².